The third-order valence-electron chi connectivity index (χ3n) is 4.02. The molecule has 1 N–H and O–H groups in total. The highest BCUT2D eigenvalue weighted by molar-refractivity contribution is 7.92. The Labute approximate surface area is 126 Å². The minimum absolute atomic E-state index is 0.346. The Morgan fingerprint density at radius 2 is 1.71 bits per heavy atom. The van der Waals surface area contributed by atoms with E-state index in [-0.39, 0.29) is 0 Å². The Bertz CT molecular complexity index is 766. The van der Waals surface area contributed by atoms with Crippen molar-refractivity contribution >= 4 is 15.7 Å². The minimum atomic E-state index is -3.53. The topological polar surface area (TPSA) is 46.2 Å². The Balaban J connectivity index is 1.99. The van der Waals surface area contributed by atoms with E-state index in [1.165, 1.54) is 12.0 Å². The summed E-state index contributed by atoms with van der Waals surface area (Å²) in [6.45, 7) is 1.81. The van der Waals surface area contributed by atoms with Crippen LogP contribution in [0.1, 0.15) is 29.5 Å². The molecule has 0 unspecified atom stereocenters. The van der Waals surface area contributed by atoms with E-state index in [0.717, 1.165) is 36.1 Å². The number of anilines is 1. The van der Waals surface area contributed by atoms with Gasteiger partial charge in [-0.1, -0.05) is 30.3 Å². The number of sulfonamides is 1. The lowest BCUT2D eigenvalue weighted by molar-refractivity contribution is 0.600. The molecular weight excluding hydrogens is 282 g/mol. The van der Waals surface area contributed by atoms with Crippen LogP contribution in [0.5, 0.6) is 0 Å². The van der Waals surface area contributed by atoms with Gasteiger partial charge in [0.25, 0.3) is 10.0 Å². The van der Waals surface area contributed by atoms with Crippen molar-refractivity contribution in [1.29, 1.82) is 0 Å². The molecular formula is C17H19NO2S. The monoisotopic (exact) mass is 301 g/mol. The van der Waals surface area contributed by atoms with Crippen molar-refractivity contribution in [3.05, 3.63) is 59.2 Å². The Kier molecular flexibility index (Phi) is 3.72. The lowest BCUT2D eigenvalue weighted by atomic mass is 9.91. The highest BCUT2D eigenvalue weighted by Gasteiger charge is 2.20. The van der Waals surface area contributed by atoms with E-state index in [1.54, 1.807) is 12.1 Å². The van der Waals surface area contributed by atoms with Gasteiger partial charge >= 0.3 is 0 Å². The molecule has 0 fully saturated rings. The number of nitrogens with one attached hydrogen (secondary N) is 1. The van der Waals surface area contributed by atoms with Crippen LogP contribution in [0.25, 0.3) is 0 Å². The third-order valence-corrected chi connectivity index (χ3v) is 5.55. The van der Waals surface area contributed by atoms with Crippen LogP contribution in [0.4, 0.5) is 5.69 Å². The number of hydrogen-bond acceptors (Lipinski definition) is 2. The zero-order valence-corrected chi connectivity index (χ0v) is 12.9. The molecule has 0 saturated heterocycles. The Morgan fingerprint density at radius 3 is 2.52 bits per heavy atom. The van der Waals surface area contributed by atoms with Crippen LogP contribution in [0.15, 0.2) is 47.4 Å². The van der Waals surface area contributed by atoms with Crippen molar-refractivity contribution < 1.29 is 8.42 Å². The van der Waals surface area contributed by atoms with E-state index < -0.39 is 10.0 Å². The van der Waals surface area contributed by atoms with Crippen molar-refractivity contribution in [1.82, 2.24) is 0 Å². The minimum Gasteiger partial charge on any atom is -0.279 e. The summed E-state index contributed by atoms with van der Waals surface area (Å²) in [7, 11) is -3.53. The molecule has 0 bridgehead atoms. The van der Waals surface area contributed by atoms with E-state index in [2.05, 4.69) is 10.8 Å². The summed E-state index contributed by atoms with van der Waals surface area (Å²) in [6, 6.07) is 12.9. The second-order valence-electron chi connectivity index (χ2n) is 5.52. The summed E-state index contributed by atoms with van der Waals surface area (Å²) >= 11 is 0. The van der Waals surface area contributed by atoms with Gasteiger partial charge in [-0.15, -0.1) is 0 Å². The van der Waals surface area contributed by atoms with Crippen molar-refractivity contribution in [2.45, 2.75) is 37.5 Å². The maximum atomic E-state index is 12.6. The quantitative estimate of drug-likeness (QED) is 0.940. The molecule has 0 aromatic heterocycles. The smallest absolute Gasteiger partial charge is 0.262 e. The summed E-state index contributed by atoms with van der Waals surface area (Å²) in [6.07, 6.45) is 4.29. The number of rotatable bonds is 3. The van der Waals surface area contributed by atoms with Gasteiger partial charge in [-0.25, -0.2) is 8.42 Å². The second-order valence-corrected chi connectivity index (χ2v) is 7.17. The van der Waals surface area contributed by atoms with E-state index >= 15 is 0 Å². The first-order valence-corrected chi connectivity index (χ1v) is 8.75. The van der Waals surface area contributed by atoms with Gasteiger partial charge in [0.05, 0.1) is 10.6 Å². The average Bonchev–Trinajstić information content (AvgIpc) is 2.47. The van der Waals surface area contributed by atoms with Crippen LogP contribution in [-0.4, -0.2) is 8.42 Å². The molecule has 110 valence electrons. The largest absolute Gasteiger partial charge is 0.279 e. The molecule has 0 radical (unpaired) electrons. The third kappa shape index (κ3) is 2.81. The lowest BCUT2D eigenvalue weighted by Crippen LogP contribution is -2.17. The van der Waals surface area contributed by atoms with Crippen LogP contribution in [0, 0.1) is 6.92 Å². The van der Waals surface area contributed by atoms with Gasteiger partial charge in [0.2, 0.25) is 0 Å². The predicted octanol–water partition coefficient (Wildman–Crippen LogP) is 3.67. The molecule has 3 rings (SSSR count). The first-order valence-electron chi connectivity index (χ1n) is 7.27. The maximum Gasteiger partial charge on any atom is 0.262 e. The maximum absolute atomic E-state index is 12.6. The number of benzene rings is 2. The number of aryl methyl sites for hydroxylation is 2. The molecule has 0 atom stereocenters. The van der Waals surface area contributed by atoms with E-state index in [0.29, 0.717) is 4.90 Å². The van der Waals surface area contributed by atoms with Crippen LogP contribution in [-0.2, 0) is 22.9 Å². The van der Waals surface area contributed by atoms with Crippen molar-refractivity contribution in [2.24, 2.45) is 0 Å². The highest BCUT2D eigenvalue weighted by Crippen LogP contribution is 2.29. The standard InChI is InChI=1S/C17H19NO2S/c1-13-7-2-5-12-17(13)21(19,20)18-16-11-6-9-14-8-3-4-10-15(14)16/h2,5-7,9,11-12,18H,3-4,8,10H2,1H3. The molecule has 0 aliphatic heterocycles. The average molecular weight is 301 g/mol. The number of fused-ring (bicyclic) bond motifs is 1. The van der Waals surface area contributed by atoms with E-state index in [4.69, 9.17) is 0 Å². The van der Waals surface area contributed by atoms with Gasteiger partial charge < -0.3 is 0 Å². The zero-order valence-electron chi connectivity index (χ0n) is 12.1. The van der Waals surface area contributed by atoms with E-state index in [9.17, 15) is 8.42 Å². The van der Waals surface area contributed by atoms with Gasteiger partial charge in [-0.2, -0.15) is 0 Å². The fourth-order valence-electron chi connectivity index (χ4n) is 2.93. The van der Waals surface area contributed by atoms with Gasteiger partial charge in [-0.3, -0.25) is 4.72 Å². The van der Waals surface area contributed by atoms with Gasteiger partial charge in [0.15, 0.2) is 0 Å². The van der Waals surface area contributed by atoms with Gasteiger partial charge in [-0.05, 0) is 61.4 Å². The molecule has 2 aromatic carbocycles. The summed E-state index contributed by atoms with van der Waals surface area (Å²) < 4.78 is 28.0. The molecule has 1 aliphatic carbocycles. The molecule has 0 heterocycles. The fraction of sp³-hybridized carbons (Fsp3) is 0.294. The fourth-order valence-corrected chi connectivity index (χ4v) is 4.27. The predicted molar refractivity (Wildman–Crippen MR) is 85.1 cm³/mol. The van der Waals surface area contributed by atoms with E-state index in [1.807, 2.05) is 31.2 Å². The molecule has 4 heteroatoms. The molecule has 0 saturated carbocycles. The Morgan fingerprint density at radius 1 is 0.952 bits per heavy atom. The zero-order chi connectivity index (χ0) is 14.9. The highest BCUT2D eigenvalue weighted by atomic mass is 32.2. The summed E-state index contributed by atoms with van der Waals surface area (Å²) in [5.41, 5.74) is 3.91. The molecule has 3 nitrogen and oxygen atoms in total. The van der Waals surface area contributed by atoms with Crippen LogP contribution in [0.2, 0.25) is 0 Å². The Hall–Kier alpha value is -1.81. The van der Waals surface area contributed by atoms with Gasteiger partial charge in [0, 0.05) is 0 Å². The molecule has 21 heavy (non-hydrogen) atoms. The van der Waals surface area contributed by atoms with Crippen LogP contribution >= 0.6 is 0 Å². The normalized spacial score (nSPS) is 14.5. The van der Waals surface area contributed by atoms with Crippen LogP contribution < -0.4 is 4.72 Å². The van der Waals surface area contributed by atoms with Crippen molar-refractivity contribution in [3.8, 4) is 0 Å². The molecule has 2 aromatic rings. The molecule has 0 amide bonds. The SMILES string of the molecule is Cc1ccccc1S(=O)(=O)Nc1cccc2c1CCCC2. The van der Waals surface area contributed by atoms with Crippen molar-refractivity contribution in [3.63, 3.8) is 0 Å². The second kappa shape index (κ2) is 5.53. The van der Waals surface area contributed by atoms with Crippen molar-refractivity contribution in [2.75, 3.05) is 4.72 Å². The summed E-state index contributed by atoms with van der Waals surface area (Å²) in [5, 5.41) is 0. The molecule has 1 aliphatic rings. The molecule has 0 spiro atoms. The first-order chi connectivity index (χ1) is 10.1. The van der Waals surface area contributed by atoms with Crippen LogP contribution in [0.3, 0.4) is 0 Å². The summed E-state index contributed by atoms with van der Waals surface area (Å²) in [4.78, 5) is 0.346. The lowest BCUT2D eigenvalue weighted by Gasteiger charge is -2.20. The summed E-state index contributed by atoms with van der Waals surface area (Å²) in [5.74, 6) is 0. The number of hydrogen-bond donors (Lipinski definition) is 1. The van der Waals surface area contributed by atoms with Gasteiger partial charge in [0.1, 0.15) is 0 Å². The first kappa shape index (κ1) is 14.1.